The zero-order chi connectivity index (χ0) is 13.4. The van der Waals surface area contributed by atoms with Gasteiger partial charge in [-0.1, -0.05) is 0 Å². The van der Waals surface area contributed by atoms with E-state index in [1.165, 1.54) is 6.33 Å². The van der Waals surface area contributed by atoms with Crippen molar-refractivity contribution in [3.8, 4) is 0 Å². The van der Waals surface area contributed by atoms with Crippen LogP contribution < -0.4 is 5.73 Å². The van der Waals surface area contributed by atoms with E-state index in [1.54, 1.807) is 0 Å². The molecule has 2 aromatic heterocycles. The van der Waals surface area contributed by atoms with Crippen molar-refractivity contribution in [1.82, 2.24) is 25.1 Å². The fraction of sp³-hybridized carbons (Fsp3) is 0.545. The van der Waals surface area contributed by atoms with Crippen molar-refractivity contribution in [3.05, 3.63) is 12.0 Å². The van der Waals surface area contributed by atoms with Crippen molar-refractivity contribution in [2.45, 2.75) is 12.6 Å². The molecule has 0 spiro atoms. The van der Waals surface area contributed by atoms with Crippen molar-refractivity contribution in [1.29, 1.82) is 0 Å². The van der Waals surface area contributed by atoms with Gasteiger partial charge in [-0.25, -0.2) is 9.97 Å². The molecule has 102 valence electrons. The molecule has 8 nitrogen and oxygen atoms in total. The molecule has 19 heavy (non-hydrogen) atoms. The van der Waals surface area contributed by atoms with Crippen molar-refractivity contribution in [2.75, 3.05) is 25.4 Å². The number of aromatic nitrogens is 4. The van der Waals surface area contributed by atoms with Crippen molar-refractivity contribution < 1.29 is 10.2 Å². The number of fused-ring (bicyclic) bond motifs is 1. The summed E-state index contributed by atoms with van der Waals surface area (Å²) in [5.41, 5.74) is 7.83. The molecule has 0 aliphatic carbocycles. The normalized spacial score (nSPS) is 24.3. The molecule has 2 atom stereocenters. The SMILES string of the molecule is Nc1ncnc2c(CN3CC(O)[C@@H](CO)C3)[nH]nc12. The van der Waals surface area contributed by atoms with Gasteiger partial charge in [0.1, 0.15) is 11.8 Å². The summed E-state index contributed by atoms with van der Waals surface area (Å²) in [4.78, 5) is 10.1. The Labute approximate surface area is 109 Å². The number of aliphatic hydroxyl groups excluding tert-OH is 2. The van der Waals surface area contributed by atoms with Crippen LogP contribution in [0.4, 0.5) is 5.82 Å². The van der Waals surface area contributed by atoms with Crippen molar-refractivity contribution in [3.63, 3.8) is 0 Å². The summed E-state index contributed by atoms with van der Waals surface area (Å²) in [6.45, 7) is 1.77. The third-order valence-corrected chi connectivity index (χ3v) is 3.54. The molecule has 0 saturated carbocycles. The molecule has 1 saturated heterocycles. The van der Waals surface area contributed by atoms with E-state index in [4.69, 9.17) is 10.8 Å². The minimum atomic E-state index is -0.487. The van der Waals surface area contributed by atoms with E-state index < -0.39 is 6.10 Å². The molecule has 1 aliphatic rings. The Morgan fingerprint density at radius 2 is 2.21 bits per heavy atom. The molecule has 0 bridgehead atoms. The molecule has 0 amide bonds. The Hall–Kier alpha value is -1.77. The van der Waals surface area contributed by atoms with Gasteiger partial charge in [0.25, 0.3) is 0 Å². The summed E-state index contributed by atoms with van der Waals surface area (Å²) in [5.74, 6) is 0.260. The second-order valence-corrected chi connectivity index (χ2v) is 4.86. The minimum Gasteiger partial charge on any atom is -0.396 e. The van der Waals surface area contributed by atoms with Crippen LogP contribution in [0.15, 0.2) is 6.33 Å². The number of nitrogen functional groups attached to an aromatic ring is 1. The van der Waals surface area contributed by atoms with E-state index >= 15 is 0 Å². The van der Waals surface area contributed by atoms with Crippen LogP contribution in [0.5, 0.6) is 0 Å². The van der Waals surface area contributed by atoms with Gasteiger partial charge in [0, 0.05) is 32.2 Å². The molecule has 5 N–H and O–H groups in total. The number of hydrogen-bond donors (Lipinski definition) is 4. The molecule has 8 heteroatoms. The first-order valence-electron chi connectivity index (χ1n) is 6.13. The second-order valence-electron chi connectivity index (χ2n) is 4.86. The van der Waals surface area contributed by atoms with E-state index in [-0.39, 0.29) is 12.5 Å². The monoisotopic (exact) mass is 264 g/mol. The summed E-state index contributed by atoms with van der Waals surface area (Å²) in [6.07, 6.45) is 0.922. The number of nitrogens with zero attached hydrogens (tertiary/aromatic N) is 4. The first-order valence-corrected chi connectivity index (χ1v) is 6.13. The quantitative estimate of drug-likeness (QED) is 0.544. The Morgan fingerprint density at radius 1 is 1.37 bits per heavy atom. The van der Waals surface area contributed by atoms with Gasteiger partial charge in [0.2, 0.25) is 0 Å². The maximum Gasteiger partial charge on any atom is 0.155 e. The second kappa shape index (κ2) is 4.72. The number of hydrogen-bond acceptors (Lipinski definition) is 7. The van der Waals surface area contributed by atoms with Gasteiger partial charge in [-0.2, -0.15) is 5.10 Å². The summed E-state index contributed by atoms with van der Waals surface area (Å²) in [7, 11) is 0. The lowest BCUT2D eigenvalue weighted by Gasteiger charge is -2.13. The molecular weight excluding hydrogens is 248 g/mol. The number of nitrogens with one attached hydrogen (secondary N) is 1. The zero-order valence-corrected chi connectivity index (χ0v) is 10.3. The van der Waals surface area contributed by atoms with Gasteiger partial charge in [0.15, 0.2) is 11.3 Å². The number of nitrogens with two attached hydrogens (primary N) is 1. The highest BCUT2D eigenvalue weighted by Crippen LogP contribution is 2.22. The number of anilines is 1. The first-order chi connectivity index (χ1) is 9.19. The van der Waals surface area contributed by atoms with Gasteiger partial charge in [0.05, 0.1) is 11.8 Å². The number of likely N-dealkylation sites (tertiary alicyclic amines) is 1. The van der Waals surface area contributed by atoms with E-state index in [0.29, 0.717) is 36.5 Å². The van der Waals surface area contributed by atoms with Crippen molar-refractivity contribution in [2.24, 2.45) is 5.92 Å². The highest BCUT2D eigenvalue weighted by molar-refractivity contribution is 5.85. The maximum atomic E-state index is 9.77. The average molecular weight is 264 g/mol. The molecule has 0 radical (unpaired) electrons. The predicted octanol–water partition coefficient (Wildman–Crippen LogP) is -1.28. The third-order valence-electron chi connectivity index (χ3n) is 3.54. The highest BCUT2D eigenvalue weighted by atomic mass is 16.3. The molecule has 2 aromatic rings. The fourth-order valence-electron chi connectivity index (χ4n) is 2.48. The van der Waals surface area contributed by atoms with Crippen LogP contribution in [-0.4, -0.2) is 61.1 Å². The first kappa shape index (κ1) is 12.3. The van der Waals surface area contributed by atoms with Gasteiger partial charge in [-0.05, 0) is 0 Å². The highest BCUT2D eigenvalue weighted by Gasteiger charge is 2.31. The molecule has 3 rings (SSSR count). The van der Waals surface area contributed by atoms with Crippen LogP contribution in [-0.2, 0) is 6.54 Å². The van der Waals surface area contributed by atoms with Gasteiger partial charge in [-0.15, -0.1) is 0 Å². The molecule has 3 heterocycles. The summed E-state index contributed by atoms with van der Waals surface area (Å²) in [6, 6.07) is 0. The van der Waals surface area contributed by atoms with E-state index in [0.717, 1.165) is 5.69 Å². The molecule has 1 unspecified atom stereocenters. The van der Waals surface area contributed by atoms with Gasteiger partial charge >= 0.3 is 0 Å². The Balaban J connectivity index is 1.81. The topological polar surface area (TPSA) is 124 Å². The Morgan fingerprint density at radius 3 is 2.95 bits per heavy atom. The lowest BCUT2D eigenvalue weighted by atomic mass is 10.1. The number of aromatic amines is 1. The van der Waals surface area contributed by atoms with Gasteiger partial charge in [-0.3, -0.25) is 10.00 Å². The van der Waals surface area contributed by atoms with Crippen LogP contribution in [0, 0.1) is 5.92 Å². The summed E-state index contributed by atoms with van der Waals surface area (Å²) >= 11 is 0. The van der Waals surface area contributed by atoms with E-state index in [2.05, 4.69) is 25.1 Å². The largest absolute Gasteiger partial charge is 0.396 e. The Kier molecular flexibility index (Phi) is 3.05. The van der Waals surface area contributed by atoms with E-state index in [1.807, 2.05) is 0 Å². The maximum absolute atomic E-state index is 9.77. The number of H-pyrrole nitrogens is 1. The third kappa shape index (κ3) is 2.14. The fourth-order valence-corrected chi connectivity index (χ4v) is 2.48. The van der Waals surface area contributed by atoms with Gasteiger partial charge < -0.3 is 15.9 Å². The summed E-state index contributed by atoms with van der Waals surface area (Å²) in [5, 5.41) is 25.9. The zero-order valence-electron chi connectivity index (χ0n) is 10.3. The minimum absolute atomic E-state index is 0.00346. The average Bonchev–Trinajstić information content (AvgIpc) is 2.95. The molecule has 0 aromatic carbocycles. The summed E-state index contributed by atoms with van der Waals surface area (Å²) < 4.78 is 0. The van der Waals surface area contributed by atoms with Crippen LogP contribution in [0.2, 0.25) is 0 Å². The molecular formula is C11H16N6O2. The molecule has 1 fully saturated rings. The number of β-amino-alcohol motifs (C(OH)–C–C–N with tert-alkyl or cyclic N) is 1. The van der Waals surface area contributed by atoms with E-state index in [9.17, 15) is 5.11 Å². The lowest BCUT2D eigenvalue weighted by molar-refractivity contribution is 0.103. The van der Waals surface area contributed by atoms with Crippen LogP contribution in [0.1, 0.15) is 5.69 Å². The van der Waals surface area contributed by atoms with Crippen LogP contribution >= 0.6 is 0 Å². The molecule has 1 aliphatic heterocycles. The van der Waals surface area contributed by atoms with Crippen LogP contribution in [0.25, 0.3) is 11.0 Å². The lowest BCUT2D eigenvalue weighted by Crippen LogP contribution is -2.21. The standard InChI is InChI=1S/C11H16N6O2/c12-11-10-9(13-5-14-11)7(15-16-10)2-17-1-6(4-18)8(19)3-17/h5-6,8,18-19H,1-4H2,(H,15,16)(H2,12,13,14)/t6-,8?/m1/s1. The number of rotatable bonds is 3. The predicted molar refractivity (Wildman–Crippen MR) is 68.0 cm³/mol. The number of aliphatic hydroxyl groups is 2. The Bertz CT molecular complexity index is 586. The van der Waals surface area contributed by atoms with Crippen LogP contribution in [0.3, 0.4) is 0 Å². The smallest absolute Gasteiger partial charge is 0.155 e. The van der Waals surface area contributed by atoms with Crippen molar-refractivity contribution >= 4 is 16.9 Å².